The smallest absolute Gasteiger partial charge is 0.358 e. The molecule has 2 aromatic rings. The lowest BCUT2D eigenvalue weighted by molar-refractivity contribution is 0.0594. The minimum absolute atomic E-state index is 0.0200. The molecule has 0 saturated heterocycles. The van der Waals surface area contributed by atoms with Gasteiger partial charge in [0.15, 0.2) is 11.5 Å². The van der Waals surface area contributed by atoms with E-state index in [1.165, 1.54) is 18.4 Å². The maximum absolute atomic E-state index is 11.5. The zero-order chi connectivity index (χ0) is 13.3. The molecule has 2 heterocycles. The van der Waals surface area contributed by atoms with Crippen molar-refractivity contribution in [2.75, 3.05) is 12.8 Å². The van der Waals surface area contributed by atoms with E-state index in [0.717, 1.165) is 0 Å². The molecule has 2 aromatic heterocycles. The van der Waals surface area contributed by atoms with E-state index in [0.29, 0.717) is 9.21 Å². The minimum atomic E-state index is -0.669. The lowest BCUT2D eigenvalue weighted by Crippen LogP contribution is -2.09. The summed E-state index contributed by atoms with van der Waals surface area (Å²) in [6.07, 6.45) is 0. The Kier molecular flexibility index (Phi) is 3.70. The molecular formula is C10H7Cl2N3O2S. The van der Waals surface area contributed by atoms with Gasteiger partial charge in [0.25, 0.3) is 0 Å². The fourth-order valence-electron chi connectivity index (χ4n) is 1.24. The van der Waals surface area contributed by atoms with Crippen LogP contribution >= 0.6 is 34.5 Å². The second-order valence-corrected chi connectivity index (χ2v) is 5.28. The van der Waals surface area contributed by atoms with Crippen LogP contribution < -0.4 is 5.73 Å². The molecule has 0 atom stereocenters. The number of anilines is 1. The first-order valence-electron chi connectivity index (χ1n) is 4.70. The number of hydrogen-bond donors (Lipinski definition) is 1. The van der Waals surface area contributed by atoms with Gasteiger partial charge in [-0.2, -0.15) is 0 Å². The monoisotopic (exact) mass is 303 g/mol. The highest BCUT2D eigenvalue weighted by molar-refractivity contribution is 7.19. The molecule has 2 rings (SSSR count). The molecule has 0 amide bonds. The number of ether oxygens (including phenoxy) is 1. The molecule has 0 spiro atoms. The number of carbonyl (C=O) groups excluding carboxylic acids is 1. The highest BCUT2D eigenvalue weighted by Gasteiger charge is 2.19. The number of esters is 1. The van der Waals surface area contributed by atoms with Crippen molar-refractivity contribution in [3.8, 4) is 10.7 Å². The lowest BCUT2D eigenvalue weighted by Gasteiger charge is -2.05. The number of nitrogens with two attached hydrogens (primary N) is 1. The molecule has 0 aliphatic carbocycles. The molecule has 94 valence electrons. The maximum atomic E-state index is 11.5. The van der Waals surface area contributed by atoms with Gasteiger partial charge in [0.05, 0.1) is 16.3 Å². The van der Waals surface area contributed by atoms with Crippen molar-refractivity contribution in [3.05, 3.63) is 27.2 Å². The molecule has 0 radical (unpaired) electrons. The summed E-state index contributed by atoms with van der Waals surface area (Å²) in [7, 11) is 1.23. The average Bonchev–Trinajstić information content (AvgIpc) is 2.78. The van der Waals surface area contributed by atoms with Gasteiger partial charge in [-0.3, -0.25) is 0 Å². The average molecular weight is 304 g/mol. The summed E-state index contributed by atoms with van der Waals surface area (Å²) in [5.41, 5.74) is 5.58. The number of aromatic nitrogens is 2. The topological polar surface area (TPSA) is 78.1 Å². The maximum Gasteiger partial charge on any atom is 0.358 e. The van der Waals surface area contributed by atoms with Crippen LogP contribution in [0.4, 0.5) is 5.82 Å². The first-order chi connectivity index (χ1) is 8.52. The molecule has 2 N–H and O–H groups in total. The molecule has 8 heteroatoms. The van der Waals surface area contributed by atoms with E-state index in [1.807, 2.05) is 0 Å². The molecular weight excluding hydrogens is 297 g/mol. The number of hydrogen-bond acceptors (Lipinski definition) is 6. The molecule has 0 bridgehead atoms. The van der Waals surface area contributed by atoms with Gasteiger partial charge in [-0.1, -0.05) is 23.2 Å². The number of nitrogens with zero attached hydrogens (tertiary/aromatic N) is 2. The number of thiophene rings is 1. The quantitative estimate of drug-likeness (QED) is 0.863. The molecule has 18 heavy (non-hydrogen) atoms. The standard InChI is InChI=1S/C10H7Cl2N3O2S/c1-17-10(16)7-6(12)8(13)15-9(14-7)4-2-3-5(11)18-4/h2-3H,1H3,(H2,13,14,15). The predicted octanol–water partition coefficient (Wildman–Crippen LogP) is 2.88. The first kappa shape index (κ1) is 13.1. The number of rotatable bonds is 2. The Labute approximate surface area is 117 Å². The lowest BCUT2D eigenvalue weighted by atomic mass is 10.3. The van der Waals surface area contributed by atoms with E-state index >= 15 is 0 Å². The Morgan fingerprint density at radius 1 is 1.39 bits per heavy atom. The Hall–Kier alpha value is -1.37. The van der Waals surface area contributed by atoms with E-state index in [1.54, 1.807) is 12.1 Å². The molecule has 0 unspecified atom stereocenters. The van der Waals surface area contributed by atoms with Crippen molar-refractivity contribution < 1.29 is 9.53 Å². The summed E-state index contributed by atoms with van der Waals surface area (Å²) in [4.78, 5) is 20.2. The normalized spacial score (nSPS) is 10.4. The summed E-state index contributed by atoms with van der Waals surface area (Å²) >= 11 is 13.0. The minimum Gasteiger partial charge on any atom is -0.464 e. The Morgan fingerprint density at radius 3 is 2.67 bits per heavy atom. The van der Waals surface area contributed by atoms with Gasteiger partial charge in [0.2, 0.25) is 0 Å². The molecule has 0 fully saturated rings. The SMILES string of the molecule is COC(=O)c1nc(-c2ccc(Cl)s2)nc(N)c1Cl. The van der Waals surface area contributed by atoms with Crippen molar-refractivity contribution in [1.29, 1.82) is 0 Å². The van der Waals surface area contributed by atoms with Crippen LogP contribution in [0.25, 0.3) is 10.7 Å². The number of nitrogen functional groups attached to an aromatic ring is 1. The Morgan fingerprint density at radius 2 is 2.11 bits per heavy atom. The fourth-order valence-corrected chi connectivity index (χ4v) is 2.38. The van der Waals surface area contributed by atoms with E-state index in [2.05, 4.69) is 14.7 Å². The van der Waals surface area contributed by atoms with Crippen LogP contribution in [0.1, 0.15) is 10.5 Å². The summed E-state index contributed by atoms with van der Waals surface area (Å²) in [5, 5.41) is -0.0201. The van der Waals surface area contributed by atoms with Crippen molar-refractivity contribution in [2.45, 2.75) is 0 Å². The molecule has 5 nitrogen and oxygen atoms in total. The van der Waals surface area contributed by atoms with Crippen LogP contribution in [0.15, 0.2) is 12.1 Å². The summed E-state index contributed by atoms with van der Waals surface area (Å²) < 4.78 is 5.16. The Bertz CT molecular complexity index is 615. The summed E-state index contributed by atoms with van der Waals surface area (Å²) in [5.74, 6) is -0.362. The van der Waals surface area contributed by atoms with Crippen LogP contribution in [-0.4, -0.2) is 23.0 Å². The summed E-state index contributed by atoms with van der Waals surface area (Å²) in [6.45, 7) is 0. The van der Waals surface area contributed by atoms with Gasteiger partial charge in [-0.25, -0.2) is 14.8 Å². The fraction of sp³-hybridized carbons (Fsp3) is 0.100. The highest BCUT2D eigenvalue weighted by atomic mass is 35.5. The van der Waals surface area contributed by atoms with Crippen molar-refractivity contribution in [3.63, 3.8) is 0 Å². The van der Waals surface area contributed by atoms with Gasteiger partial charge in [0, 0.05) is 0 Å². The highest BCUT2D eigenvalue weighted by Crippen LogP contribution is 2.31. The Balaban J connectivity index is 2.57. The predicted molar refractivity (Wildman–Crippen MR) is 71.1 cm³/mol. The zero-order valence-electron chi connectivity index (χ0n) is 9.11. The van der Waals surface area contributed by atoms with E-state index in [9.17, 15) is 4.79 Å². The number of halogens is 2. The van der Waals surface area contributed by atoms with E-state index < -0.39 is 5.97 Å². The largest absolute Gasteiger partial charge is 0.464 e. The number of carbonyl (C=O) groups is 1. The van der Waals surface area contributed by atoms with Crippen LogP contribution in [-0.2, 0) is 4.74 Å². The van der Waals surface area contributed by atoms with Crippen LogP contribution in [0.2, 0.25) is 9.36 Å². The van der Waals surface area contributed by atoms with Crippen molar-refractivity contribution >= 4 is 46.3 Å². The summed E-state index contributed by atoms with van der Waals surface area (Å²) in [6, 6.07) is 3.43. The third kappa shape index (κ3) is 2.40. The second kappa shape index (κ2) is 5.09. The van der Waals surface area contributed by atoms with Gasteiger partial charge in [-0.05, 0) is 12.1 Å². The van der Waals surface area contributed by atoms with Gasteiger partial charge < -0.3 is 10.5 Å². The molecule has 0 aliphatic rings. The molecule has 0 aromatic carbocycles. The third-order valence-corrected chi connectivity index (χ3v) is 3.65. The van der Waals surface area contributed by atoms with Gasteiger partial charge in [0.1, 0.15) is 10.8 Å². The number of methoxy groups -OCH3 is 1. The van der Waals surface area contributed by atoms with E-state index in [-0.39, 0.29) is 22.4 Å². The van der Waals surface area contributed by atoms with Crippen molar-refractivity contribution in [2.24, 2.45) is 0 Å². The first-order valence-corrected chi connectivity index (χ1v) is 6.27. The van der Waals surface area contributed by atoms with Crippen LogP contribution in [0.5, 0.6) is 0 Å². The van der Waals surface area contributed by atoms with Gasteiger partial charge in [-0.15, -0.1) is 11.3 Å². The molecule has 0 aliphatic heterocycles. The molecule has 0 saturated carbocycles. The third-order valence-electron chi connectivity index (χ3n) is 2.05. The second-order valence-electron chi connectivity index (χ2n) is 3.19. The van der Waals surface area contributed by atoms with Crippen LogP contribution in [0, 0.1) is 0 Å². The van der Waals surface area contributed by atoms with E-state index in [4.69, 9.17) is 28.9 Å². The zero-order valence-corrected chi connectivity index (χ0v) is 11.4. The van der Waals surface area contributed by atoms with Crippen molar-refractivity contribution in [1.82, 2.24) is 9.97 Å². The van der Waals surface area contributed by atoms with Gasteiger partial charge >= 0.3 is 5.97 Å². The van der Waals surface area contributed by atoms with Crippen LogP contribution in [0.3, 0.4) is 0 Å².